The lowest BCUT2D eigenvalue weighted by molar-refractivity contribution is -0.0364. The third-order valence-corrected chi connectivity index (χ3v) is 4.61. The number of nitrogens with one attached hydrogen (secondary N) is 1. The van der Waals surface area contributed by atoms with Crippen molar-refractivity contribution in [2.75, 3.05) is 13.7 Å². The minimum absolute atomic E-state index is 0.0130. The van der Waals surface area contributed by atoms with Crippen LogP contribution in [0.1, 0.15) is 63.1 Å². The molecule has 1 aromatic carbocycles. The normalized spacial score (nSPS) is 19.1. The Hall–Kier alpha value is -0.860. The number of hydrogen-bond donors (Lipinski definition) is 1. The van der Waals surface area contributed by atoms with E-state index in [2.05, 4.69) is 43.4 Å². The van der Waals surface area contributed by atoms with Crippen LogP contribution in [0.4, 0.5) is 0 Å². The topological polar surface area (TPSA) is 21.3 Å². The van der Waals surface area contributed by atoms with Gasteiger partial charge in [0.15, 0.2) is 0 Å². The number of aryl methyl sites for hydroxylation is 1. The average Bonchev–Trinajstić information content (AvgIpc) is 2.95. The molecule has 0 amide bonds. The Morgan fingerprint density at radius 1 is 1.25 bits per heavy atom. The molecule has 1 fully saturated rings. The molecule has 1 saturated carbocycles. The lowest BCUT2D eigenvalue weighted by atomic mass is 9.85. The first-order valence-corrected chi connectivity index (χ1v) is 8.13. The molecule has 0 aliphatic heterocycles. The van der Waals surface area contributed by atoms with E-state index >= 15 is 0 Å². The summed E-state index contributed by atoms with van der Waals surface area (Å²) in [6.07, 6.45) is 7.25. The minimum Gasteiger partial charge on any atom is -0.376 e. The molecular weight excluding hydrogens is 246 g/mol. The maximum Gasteiger partial charge on any atom is 0.0872 e. The van der Waals surface area contributed by atoms with Crippen molar-refractivity contribution in [1.29, 1.82) is 0 Å². The van der Waals surface area contributed by atoms with Gasteiger partial charge in [-0.05, 0) is 36.9 Å². The van der Waals surface area contributed by atoms with E-state index in [0.29, 0.717) is 6.04 Å². The molecule has 112 valence electrons. The van der Waals surface area contributed by atoms with Crippen LogP contribution in [0.25, 0.3) is 0 Å². The van der Waals surface area contributed by atoms with E-state index in [4.69, 9.17) is 4.74 Å². The predicted octanol–water partition coefficient (Wildman–Crippen LogP) is 4.25. The van der Waals surface area contributed by atoms with Crippen molar-refractivity contribution >= 4 is 0 Å². The van der Waals surface area contributed by atoms with Crippen LogP contribution in [-0.4, -0.2) is 19.3 Å². The van der Waals surface area contributed by atoms with Gasteiger partial charge in [0.1, 0.15) is 0 Å². The SMILES string of the molecule is CCCc1cccc(C(NCC)C2(OC)CCCC2)c1. The summed E-state index contributed by atoms with van der Waals surface area (Å²) in [5.41, 5.74) is 2.82. The zero-order valence-corrected chi connectivity index (χ0v) is 13.2. The van der Waals surface area contributed by atoms with Crippen LogP contribution < -0.4 is 5.32 Å². The zero-order valence-electron chi connectivity index (χ0n) is 13.2. The molecule has 0 saturated heterocycles. The van der Waals surface area contributed by atoms with Crippen molar-refractivity contribution in [3.05, 3.63) is 35.4 Å². The van der Waals surface area contributed by atoms with Crippen molar-refractivity contribution in [2.24, 2.45) is 0 Å². The molecule has 0 radical (unpaired) electrons. The Labute approximate surface area is 123 Å². The van der Waals surface area contributed by atoms with Gasteiger partial charge in [-0.3, -0.25) is 0 Å². The monoisotopic (exact) mass is 275 g/mol. The van der Waals surface area contributed by atoms with Gasteiger partial charge >= 0.3 is 0 Å². The summed E-state index contributed by atoms with van der Waals surface area (Å²) in [5.74, 6) is 0. The molecule has 1 aliphatic carbocycles. The van der Waals surface area contributed by atoms with Gasteiger partial charge in [0, 0.05) is 7.11 Å². The number of rotatable bonds is 7. The molecule has 2 rings (SSSR count). The Balaban J connectivity index is 2.29. The van der Waals surface area contributed by atoms with Crippen molar-refractivity contribution < 1.29 is 4.74 Å². The van der Waals surface area contributed by atoms with Gasteiger partial charge in [0.2, 0.25) is 0 Å². The second kappa shape index (κ2) is 7.24. The van der Waals surface area contributed by atoms with Crippen LogP contribution in [0.5, 0.6) is 0 Å². The van der Waals surface area contributed by atoms with Gasteiger partial charge in [-0.15, -0.1) is 0 Å². The summed E-state index contributed by atoms with van der Waals surface area (Å²) in [7, 11) is 1.88. The first-order chi connectivity index (χ1) is 9.75. The Kier molecular flexibility index (Phi) is 5.62. The zero-order chi connectivity index (χ0) is 14.4. The van der Waals surface area contributed by atoms with Gasteiger partial charge in [0.05, 0.1) is 11.6 Å². The molecule has 1 unspecified atom stereocenters. The molecule has 0 bridgehead atoms. The first kappa shape index (κ1) is 15.5. The molecule has 1 aromatic rings. The number of hydrogen-bond acceptors (Lipinski definition) is 2. The van der Waals surface area contributed by atoms with E-state index in [1.54, 1.807) is 0 Å². The fourth-order valence-electron chi connectivity index (χ4n) is 3.61. The third-order valence-electron chi connectivity index (χ3n) is 4.61. The van der Waals surface area contributed by atoms with E-state index < -0.39 is 0 Å². The van der Waals surface area contributed by atoms with E-state index in [1.807, 2.05) is 7.11 Å². The largest absolute Gasteiger partial charge is 0.376 e. The van der Waals surface area contributed by atoms with Crippen LogP contribution in [0.3, 0.4) is 0 Å². The van der Waals surface area contributed by atoms with Crippen molar-refractivity contribution in [3.8, 4) is 0 Å². The summed E-state index contributed by atoms with van der Waals surface area (Å²) >= 11 is 0. The lowest BCUT2D eigenvalue weighted by Crippen LogP contribution is -2.43. The predicted molar refractivity (Wildman–Crippen MR) is 85.1 cm³/mol. The second-order valence-electron chi connectivity index (χ2n) is 5.96. The van der Waals surface area contributed by atoms with Gasteiger partial charge in [-0.2, -0.15) is 0 Å². The van der Waals surface area contributed by atoms with E-state index in [1.165, 1.54) is 43.2 Å². The average molecular weight is 275 g/mol. The van der Waals surface area contributed by atoms with Gasteiger partial charge in [0.25, 0.3) is 0 Å². The van der Waals surface area contributed by atoms with Crippen molar-refractivity contribution in [1.82, 2.24) is 5.32 Å². The van der Waals surface area contributed by atoms with Crippen molar-refractivity contribution in [3.63, 3.8) is 0 Å². The van der Waals surface area contributed by atoms with E-state index in [0.717, 1.165) is 13.0 Å². The summed E-state index contributed by atoms with van der Waals surface area (Å²) in [5, 5.41) is 3.68. The Morgan fingerprint density at radius 2 is 2.00 bits per heavy atom. The molecular formula is C18H29NO. The molecule has 0 spiro atoms. The molecule has 2 heteroatoms. The maximum atomic E-state index is 6.01. The van der Waals surface area contributed by atoms with Gasteiger partial charge in [-0.1, -0.05) is 57.4 Å². The van der Waals surface area contributed by atoms with Crippen LogP contribution in [-0.2, 0) is 11.2 Å². The fraction of sp³-hybridized carbons (Fsp3) is 0.667. The Bertz CT molecular complexity index is 410. The number of ether oxygens (including phenoxy) is 1. The summed E-state index contributed by atoms with van der Waals surface area (Å²) in [4.78, 5) is 0. The molecule has 2 nitrogen and oxygen atoms in total. The highest BCUT2D eigenvalue weighted by Crippen LogP contribution is 2.42. The molecule has 0 heterocycles. The molecule has 1 aliphatic rings. The van der Waals surface area contributed by atoms with Crippen LogP contribution >= 0.6 is 0 Å². The highest BCUT2D eigenvalue weighted by molar-refractivity contribution is 5.29. The van der Waals surface area contributed by atoms with E-state index in [-0.39, 0.29) is 5.60 Å². The summed E-state index contributed by atoms with van der Waals surface area (Å²) < 4.78 is 6.01. The highest BCUT2D eigenvalue weighted by atomic mass is 16.5. The molecule has 20 heavy (non-hydrogen) atoms. The molecule has 1 N–H and O–H groups in total. The van der Waals surface area contributed by atoms with Crippen LogP contribution in [0, 0.1) is 0 Å². The minimum atomic E-state index is -0.0130. The number of likely N-dealkylation sites (N-methyl/N-ethyl adjacent to an activating group) is 1. The van der Waals surface area contributed by atoms with Crippen LogP contribution in [0.2, 0.25) is 0 Å². The van der Waals surface area contributed by atoms with Gasteiger partial charge < -0.3 is 10.1 Å². The van der Waals surface area contributed by atoms with Crippen LogP contribution in [0.15, 0.2) is 24.3 Å². The molecule has 0 aromatic heterocycles. The fourth-order valence-corrected chi connectivity index (χ4v) is 3.61. The first-order valence-electron chi connectivity index (χ1n) is 8.13. The van der Waals surface area contributed by atoms with E-state index in [9.17, 15) is 0 Å². The smallest absolute Gasteiger partial charge is 0.0872 e. The quantitative estimate of drug-likeness (QED) is 0.803. The number of methoxy groups -OCH3 is 1. The van der Waals surface area contributed by atoms with Crippen molar-refractivity contribution in [2.45, 2.75) is 64.0 Å². The summed E-state index contributed by atoms with van der Waals surface area (Å²) in [6, 6.07) is 9.38. The summed E-state index contributed by atoms with van der Waals surface area (Å²) in [6.45, 7) is 5.40. The highest BCUT2D eigenvalue weighted by Gasteiger charge is 2.42. The molecule has 1 atom stereocenters. The van der Waals surface area contributed by atoms with Gasteiger partial charge in [-0.25, -0.2) is 0 Å². The standard InChI is InChI=1S/C18H29NO/c1-4-9-15-10-8-11-16(14-15)17(19-5-2)18(20-3)12-6-7-13-18/h8,10-11,14,17,19H,4-7,9,12-13H2,1-3H3. The second-order valence-corrected chi connectivity index (χ2v) is 5.96. The maximum absolute atomic E-state index is 6.01. The lowest BCUT2D eigenvalue weighted by Gasteiger charge is -2.37. The Morgan fingerprint density at radius 3 is 2.60 bits per heavy atom. The number of benzene rings is 1. The third kappa shape index (κ3) is 3.24.